The molecule has 0 heterocycles. The third-order valence-electron chi connectivity index (χ3n) is 3.61. The van der Waals surface area contributed by atoms with Crippen LogP contribution in [0.4, 0.5) is 5.69 Å². The van der Waals surface area contributed by atoms with Crippen molar-refractivity contribution in [3.63, 3.8) is 0 Å². The van der Waals surface area contributed by atoms with Crippen LogP contribution >= 0.6 is 15.9 Å². The SMILES string of the molecule is N#Cc1ccccc1-c1ccccc1C(=O)Nc1ccc(Br)cc1. The Morgan fingerprint density at radius 1 is 0.875 bits per heavy atom. The van der Waals surface area contributed by atoms with Crippen molar-refractivity contribution >= 4 is 27.5 Å². The van der Waals surface area contributed by atoms with Crippen molar-refractivity contribution < 1.29 is 4.79 Å². The van der Waals surface area contributed by atoms with Gasteiger partial charge in [-0.25, -0.2) is 0 Å². The lowest BCUT2D eigenvalue weighted by Crippen LogP contribution is -2.13. The maximum Gasteiger partial charge on any atom is 0.256 e. The molecular formula is C20H13BrN2O. The number of amides is 1. The molecule has 0 radical (unpaired) electrons. The van der Waals surface area contributed by atoms with Crippen LogP contribution in [0.5, 0.6) is 0 Å². The molecular weight excluding hydrogens is 364 g/mol. The average molecular weight is 377 g/mol. The largest absolute Gasteiger partial charge is 0.322 e. The smallest absolute Gasteiger partial charge is 0.256 e. The fourth-order valence-corrected chi connectivity index (χ4v) is 2.73. The molecule has 3 aromatic carbocycles. The van der Waals surface area contributed by atoms with Crippen LogP contribution in [0.15, 0.2) is 77.3 Å². The second-order valence-electron chi connectivity index (χ2n) is 5.16. The van der Waals surface area contributed by atoms with Crippen LogP contribution < -0.4 is 5.32 Å². The number of rotatable bonds is 3. The maximum absolute atomic E-state index is 12.7. The van der Waals surface area contributed by atoms with E-state index in [1.54, 1.807) is 12.1 Å². The molecule has 0 aliphatic heterocycles. The van der Waals surface area contributed by atoms with E-state index in [1.165, 1.54) is 0 Å². The van der Waals surface area contributed by atoms with Crippen LogP contribution in [0.1, 0.15) is 15.9 Å². The van der Waals surface area contributed by atoms with Crippen molar-refractivity contribution in [2.24, 2.45) is 0 Å². The van der Waals surface area contributed by atoms with Gasteiger partial charge in [0.2, 0.25) is 0 Å². The molecule has 0 unspecified atom stereocenters. The van der Waals surface area contributed by atoms with Gasteiger partial charge in [0.1, 0.15) is 0 Å². The summed E-state index contributed by atoms with van der Waals surface area (Å²) in [7, 11) is 0. The summed E-state index contributed by atoms with van der Waals surface area (Å²) in [6, 6.07) is 24.1. The Morgan fingerprint density at radius 2 is 1.50 bits per heavy atom. The highest BCUT2D eigenvalue weighted by atomic mass is 79.9. The van der Waals surface area contributed by atoms with Crippen molar-refractivity contribution in [3.8, 4) is 17.2 Å². The van der Waals surface area contributed by atoms with E-state index in [9.17, 15) is 10.1 Å². The summed E-state index contributed by atoms with van der Waals surface area (Å²) in [5.41, 5.74) is 3.28. The van der Waals surface area contributed by atoms with Crippen molar-refractivity contribution in [2.45, 2.75) is 0 Å². The summed E-state index contributed by atoms with van der Waals surface area (Å²) < 4.78 is 0.948. The molecule has 1 amide bonds. The van der Waals surface area contributed by atoms with E-state index >= 15 is 0 Å². The second kappa shape index (κ2) is 7.12. The molecule has 0 aromatic heterocycles. The molecule has 0 aliphatic rings. The predicted molar refractivity (Wildman–Crippen MR) is 98.7 cm³/mol. The molecule has 0 saturated heterocycles. The molecule has 0 atom stereocenters. The highest BCUT2D eigenvalue weighted by Crippen LogP contribution is 2.27. The number of carbonyl (C=O) groups is 1. The number of anilines is 1. The number of halogens is 1. The van der Waals surface area contributed by atoms with Gasteiger partial charge in [0.05, 0.1) is 11.6 Å². The second-order valence-corrected chi connectivity index (χ2v) is 6.08. The lowest BCUT2D eigenvalue weighted by atomic mass is 9.95. The van der Waals surface area contributed by atoms with E-state index in [2.05, 4.69) is 27.3 Å². The minimum Gasteiger partial charge on any atom is -0.322 e. The molecule has 24 heavy (non-hydrogen) atoms. The van der Waals surface area contributed by atoms with Gasteiger partial charge in [-0.3, -0.25) is 4.79 Å². The minimum atomic E-state index is -0.208. The van der Waals surface area contributed by atoms with Gasteiger partial charge in [-0.1, -0.05) is 52.3 Å². The first-order valence-electron chi connectivity index (χ1n) is 7.34. The summed E-state index contributed by atoms with van der Waals surface area (Å²) in [4.78, 5) is 12.7. The standard InChI is InChI=1S/C20H13BrN2O/c21-15-9-11-16(12-10-15)23-20(24)19-8-4-3-7-18(19)17-6-2-1-5-14(17)13-22/h1-12H,(H,23,24). The zero-order valence-electron chi connectivity index (χ0n) is 12.7. The van der Waals surface area contributed by atoms with Crippen LogP contribution in [-0.4, -0.2) is 5.91 Å². The number of benzene rings is 3. The number of nitriles is 1. The van der Waals surface area contributed by atoms with Gasteiger partial charge >= 0.3 is 0 Å². The van der Waals surface area contributed by atoms with E-state index in [0.29, 0.717) is 16.8 Å². The van der Waals surface area contributed by atoms with Crippen molar-refractivity contribution in [2.75, 3.05) is 5.32 Å². The summed E-state index contributed by atoms with van der Waals surface area (Å²) in [5.74, 6) is -0.208. The van der Waals surface area contributed by atoms with E-state index in [-0.39, 0.29) is 5.91 Å². The van der Waals surface area contributed by atoms with E-state index in [4.69, 9.17) is 0 Å². The van der Waals surface area contributed by atoms with Crippen molar-refractivity contribution in [1.82, 2.24) is 0 Å². The van der Waals surface area contributed by atoms with Crippen LogP contribution in [-0.2, 0) is 0 Å². The lowest BCUT2D eigenvalue weighted by Gasteiger charge is -2.11. The summed E-state index contributed by atoms with van der Waals surface area (Å²) >= 11 is 3.37. The number of hydrogen-bond donors (Lipinski definition) is 1. The third-order valence-corrected chi connectivity index (χ3v) is 4.14. The normalized spacial score (nSPS) is 10.0. The first-order valence-corrected chi connectivity index (χ1v) is 8.14. The molecule has 0 fully saturated rings. The molecule has 3 aromatic rings. The first kappa shape index (κ1) is 16.0. The van der Waals surface area contributed by atoms with Gasteiger partial charge in [0.15, 0.2) is 0 Å². The Balaban J connectivity index is 1.99. The molecule has 0 bridgehead atoms. The number of nitrogens with one attached hydrogen (secondary N) is 1. The number of nitrogens with zero attached hydrogens (tertiary/aromatic N) is 1. The number of hydrogen-bond acceptors (Lipinski definition) is 2. The summed E-state index contributed by atoms with van der Waals surface area (Å²) in [6.07, 6.45) is 0. The van der Waals surface area contributed by atoms with Crippen LogP contribution in [0.25, 0.3) is 11.1 Å². The van der Waals surface area contributed by atoms with Gasteiger partial charge in [0, 0.05) is 21.3 Å². The molecule has 3 nitrogen and oxygen atoms in total. The molecule has 4 heteroatoms. The average Bonchev–Trinajstić information content (AvgIpc) is 2.63. The van der Waals surface area contributed by atoms with Crippen LogP contribution in [0, 0.1) is 11.3 Å². The van der Waals surface area contributed by atoms with Crippen molar-refractivity contribution in [1.29, 1.82) is 5.26 Å². The molecule has 1 N–H and O–H groups in total. The highest BCUT2D eigenvalue weighted by molar-refractivity contribution is 9.10. The zero-order chi connectivity index (χ0) is 16.9. The zero-order valence-corrected chi connectivity index (χ0v) is 14.2. The number of carbonyl (C=O) groups excluding carboxylic acids is 1. The monoisotopic (exact) mass is 376 g/mol. The van der Waals surface area contributed by atoms with E-state index in [1.807, 2.05) is 60.7 Å². The Labute approximate surface area is 148 Å². The van der Waals surface area contributed by atoms with Gasteiger partial charge in [-0.2, -0.15) is 5.26 Å². The Bertz CT molecular complexity index is 927. The molecule has 0 saturated carbocycles. The Hall–Kier alpha value is -2.90. The Morgan fingerprint density at radius 3 is 2.21 bits per heavy atom. The van der Waals surface area contributed by atoms with Crippen LogP contribution in [0.3, 0.4) is 0 Å². The van der Waals surface area contributed by atoms with Gasteiger partial charge in [-0.15, -0.1) is 0 Å². The summed E-state index contributed by atoms with van der Waals surface area (Å²) in [5, 5.41) is 12.2. The maximum atomic E-state index is 12.7. The fourth-order valence-electron chi connectivity index (χ4n) is 2.46. The van der Waals surface area contributed by atoms with E-state index < -0.39 is 0 Å². The predicted octanol–water partition coefficient (Wildman–Crippen LogP) is 5.24. The van der Waals surface area contributed by atoms with Crippen molar-refractivity contribution in [3.05, 3.63) is 88.4 Å². The van der Waals surface area contributed by atoms with Crippen LogP contribution in [0.2, 0.25) is 0 Å². The van der Waals surface area contributed by atoms with Gasteiger partial charge in [-0.05, 0) is 42.0 Å². The Kier molecular flexibility index (Phi) is 4.74. The quantitative estimate of drug-likeness (QED) is 0.679. The topological polar surface area (TPSA) is 52.9 Å². The molecule has 0 spiro atoms. The third kappa shape index (κ3) is 3.37. The highest BCUT2D eigenvalue weighted by Gasteiger charge is 2.14. The lowest BCUT2D eigenvalue weighted by molar-refractivity contribution is 0.102. The summed E-state index contributed by atoms with van der Waals surface area (Å²) in [6.45, 7) is 0. The first-order chi connectivity index (χ1) is 11.7. The minimum absolute atomic E-state index is 0.208. The molecule has 3 rings (SSSR count). The fraction of sp³-hybridized carbons (Fsp3) is 0. The van der Waals surface area contributed by atoms with Gasteiger partial charge < -0.3 is 5.32 Å². The molecule has 0 aliphatic carbocycles. The molecule has 116 valence electrons. The van der Waals surface area contributed by atoms with Gasteiger partial charge in [0.25, 0.3) is 5.91 Å². The van der Waals surface area contributed by atoms with E-state index in [0.717, 1.165) is 15.6 Å².